The average Bonchev–Trinajstić information content (AvgIpc) is 2.47. The first-order valence-corrected chi connectivity index (χ1v) is 8.83. The Morgan fingerprint density at radius 2 is 1.95 bits per heavy atom. The molecule has 1 unspecified atom stereocenters. The Labute approximate surface area is 136 Å². The van der Waals surface area contributed by atoms with Crippen molar-refractivity contribution in [2.75, 3.05) is 26.4 Å². The van der Waals surface area contributed by atoms with Gasteiger partial charge in [0, 0.05) is 32.4 Å². The van der Waals surface area contributed by atoms with Crippen LogP contribution in [-0.2, 0) is 9.47 Å². The quantitative estimate of drug-likeness (QED) is 0.370. The van der Waals surface area contributed by atoms with E-state index in [0.29, 0.717) is 18.1 Å². The van der Waals surface area contributed by atoms with Crippen LogP contribution in [0.1, 0.15) is 59.3 Å². The van der Waals surface area contributed by atoms with Gasteiger partial charge in [-0.05, 0) is 38.5 Å². The highest BCUT2D eigenvalue weighted by Crippen LogP contribution is 2.10. The molecule has 0 saturated carbocycles. The molecule has 1 heterocycles. The molecule has 5 heteroatoms. The van der Waals surface area contributed by atoms with E-state index in [-0.39, 0.29) is 0 Å². The molecule has 0 bridgehead atoms. The van der Waals surface area contributed by atoms with Crippen LogP contribution in [0.25, 0.3) is 0 Å². The van der Waals surface area contributed by atoms with Crippen LogP contribution in [0.15, 0.2) is 4.99 Å². The molecule has 0 amide bonds. The maximum atomic E-state index is 5.91. The van der Waals surface area contributed by atoms with E-state index in [2.05, 4.69) is 31.1 Å². The number of rotatable bonds is 10. The highest BCUT2D eigenvalue weighted by Gasteiger charge is 2.13. The predicted octanol–water partition coefficient (Wildman–Crippen LogP) is 2.69. The van der Waals surface area contributed by atoms with Gasteiger partial charge in [0.1, 0.15) is 0 Å². The molecule has 3 N–H and O–H groups in total. The maximum absolute atomic E-state index is 5.91. The number of nitrogens with two attached hydrogens (primary N) is 1. The summed E-state index contributed by atoms with van der Waals surface area (Å²) in [6, 6.07) is 0.390. The van der Waals surface area contributed by atoms with Gasteiger partial charge in [0.15, 0.2) is 5.96 Å². The summed E-state index contributed by atoms with van der Waals surface area (Å²) in [7, 11) is 0. The minimum atomic E-state index is 0.370. The van der Waals surface area contributed by atoms with Gasteiger partial charge < -0.3 is 20.5 Å². The number of nitrogens with zero attached hydrogens (tertiary/aromatic N) is 1. The molecule has 1 fully saturated rings. The number of aliphatic imine (C=N–C) groups is 1. The first-order valence-electron chi connectivity index (χ1n) is 8.83. The number of nitrogens with one attached hydrogen (secondary N) is 1. The van der Waals surface area contributed by atoms with Gasteiger partial charge in [0.2, 0.25) is 0 Å². The molecule has 0 aromatic carbocycles. The molecule has 0 aliphatic carbocycles. The smallest absolute Gasteiger partial charge is 0.188 e. The van der Waals surface area contributed by atoms with Crippen molar-refractivity contribution in [2.45, 2.75) is 71.4 Å². The summed E-state index contributed by atoms with van der Waals surface area (Å²) in [5.41, 5.74) is 5.91. The zero-order chi connectivity index (χ0) is 16.2. The third-order valence-corrected chi connectivity index (χ3v) is 3.92. The van der Waals surface area contributed by atoms with Crippen molar-refractivity contribution >= 4 is 5.96 Å². The van der Waals surface area contributed by atoms with Crippen molar-refractivity contribution in [3.05, 3.63) is 0 Å². The summed E-state index contributed by atoms with van der Waals surface area (Å²) >= 11 is 0. The molecule has 1 aliphatic heterocycles. The minimum absolute atomic E-state index is 0.370. The first kappa shape index (κ1) is 19.2. The molecule has 130 valence electrons. The molecule has 0 radical (unpaired) electrons. The SMILES string of the molecule is CC(C)CCCC(C)NC(N)=NCCCOC1CCOCC1. The van der Waals surface area contributed by atoms with Crippen LogP contribution in [0.4, 0.5) is 0 Å². The number of hydrogen-bond acceptors (Lipinski definition) is 3. The van der Waals surface area contributed by atoms with E-state index in [1.807, 2.05) is 0 Å². The van der Waals surface area contributed by atoms with Crippen molar-refractivity contribution in [1.29, 1.82) is 0 Å². The Kier molecular flexibility index (Phi) is 10.2. The molecule has 0 aromatic rings. The van der Waals surface area contributed by atoms with Gasteiger partial charge in [-0.15, -0.1) is 0 Å². The van der Waals surface area contributed by atoms with Gasteiger partial charge in [-0.1, -0.05) is 26.7 Å². The second-order valence-corrected chi connectivity index (χ2v) is 6.67. The van der Waals surface area contributed by atoms with Crippen LogP contribution in [0.3, 0.4) is 0 Å². The first-order chi connectivity index (χ1) is 10.6. The van der Waals surface area contributed by atoms with E-state index in [1.54, 1.807) is 0 Å². The standard InChI is InChI=1S/C17H35N3O2/c1-14(2)6-4-7-15(3)20-17(18)19-10-5-11-22-16-8-12-21-13-9-16/h14-16H,4-13H2,1-3H3,(H3,18,19,20). The van der Waals surface area contributed by atoms with E-state index in [9.17, 15) is 0 Å². The fourth-order valence-electron chi connectivity index (χ4n) is 2.56. The lowest BCUT2D eigenvalue weighted by Gasteiger charge is -2.22. The van der Waals surface area contributed by atoms with E-state index < -0.39 is 0 Å². The lowest BCUT2D eigenvalue weighted by atomic mass is 10.0. The molecule has 1 atom stereocenters. The van der Waals surface area contributed by atoms with Gasteiger partial charge in [-0.25, -0.2) is 0 Å². The highest BCUT2D eigenvalue weighted by molar-refractivity contribution is 5.78. The zero-order valence-electron chi connectivity index (χ0n) is 14.6. The van der Waals surface area contributed by atoms with Crippen LogP contribution in [-0.4, -0.2) is 44.5 Å². The van der Waals surface area contributed by atoms with E-state index in [1.165, 1.54) is 12.8 Å². The van der Waals surface area contributed by atoms with E-state index in [4.69, 9.17) is 15.2 Å². The van der Waals surface area contributed by atoms with Gasteiger partial charge in [0.25, 0.3) is 0 Å². The summed E-state index contributed by atoms with van der Waals surface area (Å²) < 4.78 is 11.1. The molecule has 5 nitrogen and oxygen atoms in total. The molecule has 0 aromatic heterocycles. The third-order valence-electron chi connectivity index (χ3n) is 3.92. The lowest BCUT2D eigenvalue weighted by Crippen LogP contribution is -2.38. The molecular weight excluding hydrogens is 278 g/mol. The normalized spacial score (nSPS) is 18.6. The number of guanidine groups is 1. The predicted molar refractivity (Wildman–Crippen MR) is 92.2 cm³/mol. The van der Waals surface area contributed by atoms with Crippen molar-refractivity contribution in [2.24, 2.45) is 16.6 Å². The molecule has 1 saturated heterocycles. The second-order valence-electron chi connectivity index (χ2n) is 6.67. The maximum Gasteiger partial charge on any atom is 0.188 e. The average molecular weight is 313 g/mol. The van der Waals surface area contributed by atoms with Crippen LogP contribution in [0.5, 0.6) is 0 Å². The summed E-state index contributed by atoms with van der Waals surface area (Å²) in [4.78, 5) is 4.37. The van der Waals surface area contributed by atoms with Crippen molar-refractivity contribution in [3.8, 4) is 0 Å². The Hall–Kier alpha value is -0.810. The van der Waals surface area contributed by atoms with Crippen LogP contribution in [0, 0.1) is 5.92 Å². The van der Waals surface area contributed by atoms with Crippen molar-refractivity contribution in [3.63, 3.8) is 0 Å². The Morgan fingerprint density at radius 1 is 1.23 bits per heavy atom. The number of hydrogen-bond donors (Lipinski definition) is 2. The van der Waals surface area contributed by atoms with Crippen LogP contribution >= 0.6 is 0 Å². The number of ether oxygens (including phenoxy) is 2. The third kappa shape index (κ3) is 10.0. The fraction of sp³-hybridized carbons (Fsp3) is 0.941. The van der Waals surface area contributed by atoms with Gasteiger partial charge in [-0.2, -0.15) is 0 Å². The molecular formula is C17H35N3O2. The molecule has 0 spiro atoms. The summed E-state index contributed by atoms with van der Waals surface area (Å²) in [5, 5.41) is 3.26. The van der Waals surface area contributed by atoms with Crippen molar-refractivity contribution in [1.82, 2.24) is 5.32 Å². The monoisotopic (exact) mass is 313 g/mol. The Balaban J connectivity index is 2.01. The Bertz CT molecular complexity index is 302. The largest absolute Gasteiger partial charge is 0.381 e. The lowest BCUT2D eigenvalue weighted by molar-refractivity contribution is -0.0318. The van der Waals surface area contributed by atoms with Gasteiger partial charge >= 0.3 is 0 Å². The van der Waals surface area contributed by atoms with Crippen molar-refractivity contribution < 1.29 is 9.47 Å². The van der Waals surface area contributed by atoms with Crippen LogP contribution < -0.4 is 11.1 Å². The summed E-state index contributed by atoms with van der Waals surface area (Å²) in [6.07, 6.45) is 6.96. The Morgan fingerprint density at radius 3 is 2.64 bits per heavy atom. The topological polar surface area (TPSA) is 68.9 Å². The summed E-state index contributed by atoms with van der Waals surface area (Å²) in [6.45, 7) is 9.82. The van der Waals surface area contributed by atoms with Crippen LogP contribution in [0.2, 0.25) is 0 Å². The zero-order valence-corrected chi connectivity index (χ0v) is 14.6. The highest BCUT2D eigenvalue weighted by atomic mass is 16.5. The molecule has 1 rings (SSSR count). The fourth-order valence-corrected chi connectivity index (χ4v) is 2.56. The van der Waals surface area contributed by atoms with E-state index in [0.717, 1.165) is 58.0 Å². The molecule has 22 heavy (non-hydrogen) atoms. The van der Waals surface area contributed by atoms with Gasteiger partial charge in [-0.3, -0.25) is 4.99 Å². The molecule has 1 aliphatic rings. The van der Waals surface area contributed by atoms with Gasteiger partial charge in [0.05, 0.1) is 6.10 Å². The minimum Gasteiger partial charge on any atom is -0.381 e. The van der Waals surface area contributed by atoms with E-state index >= 15 is 0 Å². The summed E-state index contributed by atoms with van der Waals surface area (Å²) in [5.74, 6) is 1.33. The second kappa shape index (κ2) is 11.7.